The third-order valence-electron chi connectivity index (χ3n) is 4.48. The number of guanidine groups is 1. The maximum Gasteiger partial charge on any atom is 0.191 e. The highest BCUT2D eigenvalue weighted by Crippen LogP contribution is 2.13. The van der Waals surface area contributed by atoms with Crippen molar-refractivity contribution in [2.24, 2.45) is 4.99 Å². The fourth-order valence-corrected chi connectivity index (χ4v) is 3.07. The van der Waals surface area contributed by atoms with E-state index >= 15 is 0 Å². The van der Waals surface area contributed by atoms with Crippen LogP contribution in [0.1, 0.15) is 24.8 Å². The third-order valence-corrected chi connectivity index (χ3v) is 4.48. The summed E-state index contributed by atoms with van der Waals surface area (Å²) in [6.45, 7) is 5.41. The summed E-state index contributed by atoms with van der Waals surface area (Å²) in [6, 6.07) is 11.3. The van der Waals surface area contributed by atoms with Gasteiger partial charge in [0.15, 0.2) is 5.96 Å². The molecule has 1 saturated heterocycles. The number of piperidine rings is 1. The molecule has 0 radical (unpaired) electrons. The number of likely N-dealkylation sites (tertiary alicyclic amines) is 1. The van der Waals surface area contributed by atoms with Gasteiger partial charge in [-0.1, -0.05) is 30.3 Å². The molecule has 5 heteroatoms. The van der Waals surface area contributed by atoms with E-state index in [-0.39, 0.29) is 0 Å². The molecular formula is C19H33N5. The van der Waals surface area contributed by atoms with Gasteiger partial charge in [-0.3, -0.25) is 9.89 Å². The zero-order valence-electron chi connectivity index (χ0n) is 15.5. The Labute approximate surface area is 147 Å². The Balaban J connectivity index is 1.66. The van der Waals surface area contributed by atoms with Crippen molar-refractivity contribution in [2.45, 2.75) is 31.8 Å². The molecule has 24 heavy (non-hydrogen) atoms. The molecular weight excluding hydrogens is 298 g/mol. The minimum absolute atomic E-state index is 0.525. The third kappa shape index (κ3) is 6.89. The van der Waals surface area contributed by atoms with Crippen molar-refractivity contribution >= 4 is 5.96 Å². The molecule has 0 spiro atoms. The van der Waals surface area contributed by atoms with Gasteiger partial charge in [-0.05, 0) is 45.5 Å². The number of nitrogens with one attached hydrogen (secondary N) is 2. The van der Waals surface area contributed by atoms with E-state index in [9.17, 15) is 0 Å². The van der Waals surface area contributed by atoms with Crippen LogP contribution in [0.5, 0.6) is 0 Å². The molecule has 2 N–H and O–H groups in total. The molecule has 1 fully saturated rings. The molecule has 1 aliphatic heterocycles. The standard InChI is InChI=1S/C19H33N5/c1-20-19(21-12-7-13-23(2)3)22-18-10-14-24(15-11-18)16-17-8-5-4-6-9-17/h4-6,8-9,18H,7,10-16H2,1-3H3,(H2,20,21,22). The van der Waals surface area contributed by atoms with Crippen LogP contribution in [0.4, 0.5) is 0 Å². The van der Waals surface area contributed by atoms with Gasteiger partial charge in [0.2, 0.25) is 0 Å². The summed E-state index contributed by atoms with van der Waals surface area (Å²) < 4.78 is 0. The van der Waals surface area contributed by atoms with Crippen LogP contribution in [0.3, 0.4) is 0 Å². The SMILES string of the molecule is CN=C(NCCCN(C)C)NC1CCN(Cc2ccccc2)CC1. The van der Waals surface area contributed by atoms with Gasteiger partial charge in [0.1, 0.15) is 0 Å². The number of nitrogens with zero attached hydrogens (tertiary/aromatic N) is 3. The lowest BCUT2D eigenvalue weighted by Crippen LogP contribution is -2.48. The Morgan fingerprint density at radius 3 is 2.54 bits per heavy atom. The van der Waals surface area contributed by atoms with Gasteiger partial charge in [-0.15, -0.1) is 0 Å². The van der Waals surface area contributed by atoms with Gasteiger partial charge in [0.05, 0.1) is 0 Å². The smallest absolute Gasteiger partial charge is 0.191 e. The average molecular weight is 332 g/mol. The van der Waals surface area contributed by atoms with E-state index in [2.05, 4.69) is 69.9 Å². The van der Waals surface area contributed by atoms with Crippen LogP contribution in [0, 0.1) is 0 Å². The first-order valence-corrected chi connectivity index (χ1v) is 9.05. The summed E-state index contributed by atoms with van der Waals surface area (Å²) in [6.07, 6.45) is 3.47. The minimum atomic E-state index is 0.525. The Morgan fingerprint density at radius 2 is 1.92 bits per heavy atom. The number of hydrogen-bond acceptors (Lipinski definition) is 3. The molecule has 134 valence electrons. The molecule has 0 bridgehead atoms. The van der Waals surface area contributed by atoms with Gasteiger partial charge in [-0.25, -0.2) is 0 Å². The number of aliphatic imine (C=N–C) groups is 1. The minimum Gasteiger partial charge on any atom is -0.356 e. The first kappa shape index (κ1) is 18.7. The molecule has 0 amide bonds. The molecule has 0 aromatic heterocycles. The first-order valence-electron chi connectivity index (χ1n) is 9.05. The van der Waals surface area contributed by atoms with Crippen LogP contribution in [0.2, 0.25) is 0 Å². The largest absolute Gasteiger partial charge is 0.356 e. The number of benzene rings is 1. The van der Waals surface area contributed by atoms with Crippen LogP contribution >= 0.6 is 0 Å². The Bertz CT molecular complexity index is 478. The number of hydrogen-bond donors (Lipinski definition) is 2. The van der Waals surface area contributed by atoms with E-state index in [0.29, 0.717) is 6.04 Å². The van der Waals surface area contributed by atoms with Gasteiger partial charge in [0, 0.05) is 39.3 Å². The van der Waals surface area contributed by atoms with E-state index in [1.807, 2.05) is 7.05 Å². The molecule has 5 nitrogen and oxygen atoms in total. The predicted octanol–water partition coefficient (Wildman–Crippen LogP) is 1.77. The highest BCUT2D eigenvalue weighted by atomic mass is 15.2. The van der Waals surface area contributed by atoms with Crippen LogP contribution in [-0.4, -0.2) is 69.1 Å². The second-order valence-corrected chi connectivity index (χ2v) is 6.84. The summed E-state index contributed by atoms with van der Waals surface area (Å²) in [5.41, 5.74) is 1.40. The van der Waals surface area contributed by atoms with E-state index in [0.717, 1.165) is 45.1 Å². The van der Waals surface area contributed by atoms with E-state index in [4.69, 9.17) is 0 Å². The van der Waals surface area contributed by atoms with Crippen LogP contribution in [0.25, 0.3) is 0 Å². The lowest BCUT2D eigenvalue weighted by molar-refractivity contribution is 0.198. The van der Waals surface area contributed by atoms with E-state index < -0.39 is 0 Å². The van der Waals surface area contributed by atoms with Crippen molar-refractivity contribution in [2.75, 3.05) is 47.3 Å². The zero-order valence-corrected chi connectivity index (χ0v) is 15.5. The summed E-state index contributed by atoms with van der Waals surface area (Å²) in [5, 5.41) is 7.00. The van der Waals surface area contributed by atoms with Crippen molar-refractivity contribution in [1.29, 1.82) is 0 Å². The van der Waals surface area contributed by atoms with Gasteiger partial charge >= 0.3 is 0 Å². The first-order chi connectivity index (χ1) is 11.7. The molecule has 0 saturated carbocycles. The lowest BCUT2D eigenvalue weighted by atomic mass is 10.0. The Hall–Kier alpha value is -1.59. The fourth-order valence-electron chi connectivity index (χ4n) is 3.07. The van der Waals surface area contributed by atoms with E-state index in [1.54, 1.807) is 0 Å². The average Bonchev–Trinajstić information content (AvgIpc) is 2.60. The second-order valence-electron chi connectivity index (χ2n) is 6.84. The van der Waals surface area contributed by atoms with Crippen molar-refractivity contribution in [3.63, 3.8) is 0 Å². The molecule has 0 aliphatic carbocycles. The Kier molecular flexibility index (Phi) is 8.05. The highest BCUT2D eigenvalue weighted by molar-refractivity contribution is 5.79. The summed E-state index contributed by atoms with van der Waals surface area (Å²) in [4.78, 5) is 9.10. The summed E-state index contributed by atoms with van der Waals surface area (Å²) in [7, 11) is 6.07. The van der Waals surface area contributed by atoms with Crippen molar-refractivity contribution in [3.8, 4) is 0 Å². The summed E-state index contributed by atoms with van der Waals surface area (Å²) >= 11 is 0. The van der Waals surface area contributed by atoms with Crippen molar-refractivity contribution < 1.29 is 0 Å². The maximum absolute atomic E-state index is 4.35. The van der Waals surface area contributed by atoms with Gasteiger partial charge in [-0.2, -0.15) is 0 Å². The van der Waals surface area contributed by atoms with Crippen LogP contribution in [-0.2, 0) is 6.54 Å². The molecule has 1 aliphatic rings. The predicted molar refractivity (Wildman–Crippen MR) is 102 cm³/mol. The van der Waals surface area contributed by atoms with Crippen LogP contribution < -0.4 is 10.6 Å². The quantitative estimate of drug-likeness (QED) is 0.454. The maximum atomic E-state index is 4.35. The van der Waals surface area contributed by atoms with Crippen molar-refractivity contribution in [1.82, 2.24) is 20.4 Å². The normalized spacial score (nSPS) is 17.2. The summed E-state index contributed by atoms with van der Waals surface area (Å²) in [5.74, 6) is 0.940. The molecule has 2 rings (SSSR count). The monoisotopic (exact) mass is 331 g/mol. The molecule has 0 unspecified atom stereocenters. The van der Waals surface area contributed by atoms with Gasteiger partial charge < -0.3 is 15.5 Å². The highest BCUT2D eigenvalue weighted by Gasteiger charge is 2.19. The molecule has 0 atom stereocenters. The van der Waals surface area contributed by atoms with Crippen molar-refractivity contribution in [3.05, 3.63) is 35.9 Å². The lowest BCUT2D eigenvalue weighted by Gasteiger charge is -2.33. The van der Waals surface area contributed by atoms with Gasteiger partial charge in [0.25, 0.3) is 0 Å². The Morgan fingerprint density at radius 1 is 1.21 bits per heavy atom. The van der Waals surface area contributed by atoms with E-state index in [1.165, 1.54) is 18.4 Å². The molecule has 1 heterocycles. The number of rotatable bonds is 7. The topological polar surface area (TPSA) is 42.9 Å². The molecule has 1 aromatic carbocycles. The zero-order chi connectivity index (χ0) is 17.2. The molecule has 1 aromatic rings. The van der Waals surface area contributed by atoms with Crippen LogP contribution in [0.15, 0.2) is 35.3 Å². The fraction of sp³-hybridized carbons (Fsp3) is 0.632. The second kappa shape index (κ2) is 10.3.